The molecule has 0 radical (unpaired) electrons. The molecular weight excluding hydrogens is 204 g/mol. The maximum atomic E-state index is 12.0. The second-order valence-corrected chi connectivity index (χ2v) is 4.57. The Kier molecular flexibility index (Phi) is 1.67. The van der Waals surface area contributed by atoms with Gasteiger partial charge in [-0.25, -0.2) is 0 Å². The van der Waals surface area contributed by atoms with E-state index in [2.05, 4.69) is 0 Å². The summed E-state index contributed by atoms with van der Waals surface area (Å²) in [6, 6.07) is 4.97. The Morgan fingerprint density at radius 3 is 2.50 bits per heavy atom. The van der Waals surface area contributed by atoms with Crippen molar-refractivity contribution in [2.24, 2.45) is 5.92 Å². The van der Waals surface area contributed by atoms with Crippen molar-refractivity contribution in [1.29, 1.82) is 0 Å². The van der Waals surface area contributed by atoms with Crippen LogP contribution in [0, 0.1) is 5.92 Å². The fraction of sp³-hybridized carbons (Fsp3) is 0.333. The van der Waals surface area contributed by atoms with Crippen LogP contribution in [0.15, 0.2) is 18.2 Å². The average Bonchev–Trinajstić information content (AvgIpc) is 2.89. The summed E-state index contributed by atoms with van der Waals surface area (Å²) in [6.07, 6.45) is 0.918. The van der Waals surface area contributed by atoms with Gasteiger partial charge in [-0.1, -0.05) is 6.92 Å². The van der Waals surface area contributed by atoms with Gasteiger partial charge in [-0.3, -0.25) is 14.5 Å². The molecule has 82 valence electrons. The monoisotopic (exact) mass is 216 g/mol. The highest BCUT2D eigenvalue weighted by molar-refractivity contribution is 6.22. The van der Waals surface area contributed by atoms with Crippen molar-refractivity contribution in [2.75, 3.05) is 5.73 Å². The van der Waals surface area contributed by atoms with E-state index in [9.17, 15) is 9.59 Å². The number of hydrogen-bond donors (Lipinski definition) is 1. The van der Waals surface area contributed by atoms with Gasteiger partial charge in [0.1, 0.15) is 0 Å². The lowest BCUT2D eigenvalue weighted by molar-refractivity contribution is 0.0635. The number of carbonyl (C=O) groups is 2. The molecule has 1 fully saturated rings. The van der Waals surface area contributed by atoms with Gasteiger partial charge in [-0.05, 0) is 30.5 Å². The molecule has 1 aliphatic carbocycles. The SMILES string of the molecule is CC1CC1N1C(=O)c2ccc(N)cc2C1=O. The van der Waals surface area contributed by atoms with Crippen LogP contribution in [-0.2, 0) is 0 Å². The molecule has 1 aliphatic heterocycles. The summed E-state index contributed by atoms with van der Waals surface area (Å²) in [5, 5.41) is 0. The van der Waals surface area contributed by atoms with E-state index in [0.29, 0.717) is 22.7 Å². The van der Waals surface area contributed by atoms with Crippen LogP contribution in [-0.4, -0.2) is 22.8 Å². The van der Waals surface area contributed by atoms with E-state index in [0.717, 1.165) is 6.42 Å². The Morgan fingerprint density at radius 2 is 1.88 bits per heavy atom. The molecule has 1 heterocycles. The molecule has 3 rings (SSSR count). The van der Waals surface area contributed by atoms with Crippen LogP contribution in [0.2, 0.25) is 0 Å². The molecule has 4 heteroatoms. The molecule has 0 saturated heterocycles. The van der Waals surface area contributed by atoms with Crippen molar-refractivity contribution < 1.29 is 9.59 Å². The standard InChI is InChI=1S/C12H12N2O2/c1-6-4-10(6)14-11(15)8-3-2-7(13)5-9(8)12(14)16/h2-3,5-6,10H,4,13H2,1H3. The van der Waals surface area contributed by atoms with Gasteiger partial charge in [-0.2, -0.15) is 0 Å². The van der Waals surface area contributed by atoms with Crippen LogP contribution >= 0.6 is 0 Å². The van der Waals surface area contributed by atoms with Crippen LogP contribution in [0.3, 0.4) is 0 Å². The smallest absolute Gasteiger partial charge is 0.261 e. The minimum absolute atomic E-state index is 0.0913. The zero-order valence-electron chi connectivity index (χ0n) is 8.93. The molecule has 1 aromatic rings. The molecule has 2 unspecified atom stereocenters. The summed E-state index contributed by atoms with van der Waals surface area (Å²) in [7, 11) is 0. The van der Waals surface area contributed by atoms with Gasteiger partial charge in [0.2, 0.25) is 0 Å². The van der Waals surface area contributed by atoms with Crippen molar-refractivity contribution in [2.45, 2.75) is 19.4 Å². The van der Waals surface area contributed by atoms with Crippen molar-refractivity contribution in [3.63, 3.8) is 0 Å². The van der Waals surface area contributed by atoms with Crippen molar-refractivity contribution >= 4 is 17.5 Å². The minimum Gasteiger partial charge on any atom is -0.399 e. The topological polar surface area (TPSA) is 63.4 Å². The summed E-state index contributed by atoms with van der Waals surface area (Å²) in [5.41, 5.74) is 7.07. The molecule has 16 heavy (non-hydrogen) atoms. The molecular formula is C12H12N2O2. The number of anilines is 1. The fourth-order valence-electron chi connectivity index (χ4n) is 2.24. The van der Waals surface area contributed by atoms with Crippen molar-refractivity contribution in [3.05, 3.63) is 29.3 Å². The second-order valence-electron chi connectivity index (χ2n) is 4.57. The summed E-state index contributed by atoms with van der Waals surface area (Å²) in [6.45, 7) is 2.04. The quantitative estimate of drug-likeness (QED) is 0.568. The molecule has 2 amide bonds. The van der Waals surface area contributed by atoms with Crippen LogP contribution < -0.4 is 5.73 Å². The van der Waals surface area contributed by atoms with Crippen LogP contribution in [0.1, 0.15) is 34.1 Å². The second kappa shape index (κ2) is 2.84. The first-order valence-electron chi connectivity index (χ1n) is 5.37. The summed E-state index contributed by atoms with van der Waals surface area (Å²) >= 11 is 0. The molecule has 0 spiro atoms. The summed E-state index contributed by atoms with van der Waals surface area (Å²) in [5.74, 6) is 0.0653. The highest BCUT2D eigenvalue weighted by Gasteiger charge is 2.48. The van der Waals surface area contributed by atoms with Crippen LogP contribution in [0.4, 0.5) is 5.69 Å². The third-order valence-corrected chi connectivity index (χ3v) is 3.34. The highest BCUT2D eigenvalue weighted by atomic mass is 16.2. The number of imide groups is 1. The first-order valence-corrected chi connectivity index (χ1v) is 5.37. The maximum absolute atomic E-state index is 12.0. The Balaban J connectivity index is 2.06. The highest BCUT2D eigenvalue weighted by Crippen LogP contribution is 2.39. The molecule has 2 atom stereocenters. The number of nitrogens with zero attached hydrogens (tertiary/aromatic N) is 1. The first kappa shape index (κ1) is 9.39. The lowest BCUT2D eigenvalue weighted by Gasteiger charge is -2.12. The number of hydrogen-bond acceptors (Lipinski definition) is 3. The Labute approximate surface area is 93.0 Å². The lowest BCUT2D eigenvalue weighted by atomic mass is 10.1. The van der Waals surface area contributed by atoms with Gasteiger partial charge in [0.05, 0.1) is 11.1 Å². The zero-order chi connectivity index (χ0) is 11.4. The van der Waals surface area contributed by atoms with E-state index in [1.165, 1.54) is 4.90 Å². The molecule has 1 aromatic carbocycles. The van der Waals surface area contributed by atoms with Gasteiger partial charge >= 0.3 is 0 Å². The van der Waals surface area contributed by atoms with E-state index < -0.39 is 0 Å². The summed E-state index contributed by atoms with van der Waals surface area (Å²) < 4.78 is 0. The predicted octanol–water partition coefficient (Wildman–Crippen LogP) is 1.27. The molecule has 2 N–H and O–H groups in total. The summed E-state index contributed by atoms with van der Waals surface area (Å²) in [4.78, 5) is 25.4. The van der Waals surface area contributed by atoms with E-state index in [1.54, 1.807) is 18.2 Å². The van der Waals surface area contributed by atoms with Crippen LogP contribution in [0.5, 0.6) is 0 Å². The number of carbonyl (C=O) groups excluding carboxylic acids is 2. The molecule has 2 aliphatic rings. The van der Waals surface area contributed by atoms with Gasteiger partial charge in [0.25, 0.3) is 11.8 Å². The van der Waals surface area contributed by atoms with Gasteiger partial charge < -0.3 is 5.73 Å². The predicted molar refractivity (Wildman–Crippen MR) is 58.9 cm³/mol. The number of amides is 2. The Hall–Kier alpha value is -1.84. The van der Waals surface area contributed by atoms with E-state index in [-0.39, 0.29) is 17.9 Å². The zero-order valence-corrected chi connectivity index (χ0v) is 8.93. The lowest BCUT2D eigenvalue weighted by Crippen LogP contribution is -2.32. The number of benzene rings is 1. The maximum Gasteiger partial charge on any atom is 0.261 e. The molecule has 0 aromatic heterocycles. The molecule has 4 nitrogen and oxygen atoms in total. The van der Waals surface area contributed by atoms with Gasteiger partial charge in [0.15, 0.2) is 0 Å². The average molecular weight is 216 g/mol. The number of fused-ring (bicyclic) bond motifs is 1. The van der Waals surface area contributed by atoms with Gasteiger partial charge in [-0.15, -0.1) is 0 Å². The number of rotatable bonds is 1. The van der Waals surface area contributed by atoms with Crippen LogP contribution in [0.25, 0.3) is 0 Å². The first-order chi connectivity index (χ1) is 7.59. The normalized spacial score (nSPS) is 27.2. The third kappa shape index (κ3) is 1.10. The Bertz CT molecular complexity index is 510. The van der Waals surface area contributed by atoms with Crippen molar-refractivity contribution in [3.8, 4) is 0 Å². The largest absolute Gasteiger partial charge is 0.399 e. The third-order valence-electron chi connectivity index (χ3n) is 3.34. The van der Waals surface area contributed by atoms with E-state index >= 15 is 0 Å². The minimum atomic E-state index is -0.193. The van der Waals surface area contributed by atoms with Crippen molar-refractivity contribution in [1.82, 2.24) is 4.90 Å². The fourth-order valence-corrected chi connectivity index (χ4v) is 2.24. The number of nitrogen functional groups attached to an aromatic ring is 1. The van der Waals surface area contributed by atoms with Gasteiger partial charge in [0, 0.05) is 11.7 Å². The van der Waals surface area contributed by atoms with E-state index in [1.807, 2.05) is 6.92 Å². The Morgan fingerprint density at radius 1 is 1.25 bits per heavy atom. The number of nitrogens with two attached hydrogens (primary N) is 1. The molecule has 1 saturated carbocycles. The molecule has 0 bridgehead atoms. The van der Waals surface area contributed by atoms with E-state index in [4.69, 9.17) is 5.73 Å².